The zero-order valence-corrected chi connectivity index (χ0v) is 13.1. The monoisotopic (exact) mass is 290 g/mol. The molecule has 21 heavy (non-hydrogen) atoms. The van der Waals surface area contributed by atoms with Crippen LogP contribution in [0.4, 0.5) is 5.69 Å². The molecule has 116 valence electrons. The van der Waals surface area contributed by atoms with E-state index in [0.29, 0.717) is 12.3 Å². The highest BCUT2D eigenvalue weighted by molar-refractivity contribution is 5.90. The fraction of sp³-hybridized carbons (Fsp3) is 0.588. The molecule has 0 unspecified atom stereocenters. The molecule has 1 saturated heterocycles. The summed E-state index contributed by atoms with van der Waals surface area (Å²) in [7, 11) is 0. The van der Waals surface area contributed by atoms with E-state index in [0.717, 1.165) is 45.0 Å². The van der Waals surface area contributed by atoms with E-state index in [1.807, 2.05) is 12.1 Å². The number of carbonyl (C=O) groups excluding carboxylic acids is 1. The molecule has 1 heterocycles. The van der Waals surface area contributed by atoms with Gasteiger partial charge in [0.05, 0.1) is 13.2 Å². The third-order valence-electron chi connectivity index (χ3n) is 3.84. The molecule has 0 bridgehead atoms. The first-order chi connectivity index (χ1) is 10.1. The summed E-state index contributed by atoms with van der Waals surface area (Å²) in [6.45, 7) is 8.90. The number of benzene rings is 1. The van der Waals surface area contributed by atoms with E-state index in [4.69, 9.17) is 4.74 Å². The second-order valence-electron chi connectivity index (χ2n) is 5.88. The number of ether oxygens (including phenoxy) is 1. The maximum atomic E-state index is 11.9. The lowest BCUT2D eigenvalue weighted by atomic mass is 10.0. The van der Waals surface area contributed by atoms with Crippen molar-refractivity contribution in [3.63, 3.8) is 0 Å². The molecule has 2 rings (SSSR count). The maximum absolute atomic E-state index is 11.9. The van der Waals surface area contributed by atoms with Crippen molar-refractivity contribution in [3.05, 3.63) is 29.8 Å². The number of morpholine rings is 1. The minimum Gasteiger partial charge on any atom is -0.379 e. The Hall–Kier alpha value is -1.39. The van der Waals surface area contributed by atoms with Crippen molar-refractivity contribution in [2.45, 2.75) is 32.6 Å². The normalized spacial score (nSPS) is 16.1. The summed E-state index contributed by atoms with van der Waals surface area (Å²) < 4.78 is 5.31. The molecule has 1 aliphatic heterocycles. The van der Waals surface area contributed by atoms with Gasteiger partial charge >= 0.3 is 0 Å². The van der Waals surface area contributed by atoms with Gasteiger partial charge in [-0.05, 0) is 36.6 Å². The maximum Gasteiger partial charge on any atom is 0.224 e. The first kappa shape index (κ1) is 16.0. The first-order valence-electron chi connectivity index (χ1n) is 7.85. The van der Waals surface area contributed by atoms with Crippen LogP contribution in [0.3, 0.4) is 0 Å². The molecular formula is C17H26N2O2. The van der Waals surface area contributed by atoms with Gasteiger partial charge in [-0.25, -0.2) is 0 Å². The average Bonchev–Trinajstić information content (AvgIpc) is 2.49. The van der Waals surface area contributed by atoms with Crippen LogP contribution in [0.2, 0.25) is 0 Å². The summed E-state index contributed by atoms with van der Waals surface area (Å²) in [6, 6.07) is 8.12. The summed E-state index contributed by atoms with van der Waals surface area (Å²) in [5.74, 6) is 0.615. The van der Waals surface area contributed by atoms with Crippen LogP contribution >= 0.6 is 0 Å². The van der Waals surface area contributed by atoms with Gasteiger partial charge in [-0.15, -0.1) is 0 Å². The minimum atomic E-state index is 0.0977. The Morgan fingerprint density at radius 2 is 1.90 bits per heavy atom. The summed E-state index contributed by atoms with van der Waals surface area (Å²) in [6.07, 6.45) is 1.47. The lowest BCUT2D eigenvalue weighted by Crippen LogP contribution is -2.37. The van der Waals surface area contributed by atoms with Gasteiger partial charge in [0.2, 0.25) is 5.91 Å². The van der Waals surface area contributed by atoms with Gasteiger partial charge in [0.1, 0.15) is 0 Å². The molecular weight excluding hydrogens is 264 g/mol. The van der Waals surface area contributed by atoms with Gasteiger partial charge in [0.15, 0.2) is 0 Å². The molecule has 0 saturated carbocycles. The fourth-order valence-electron chi connectivity index (χ4n) is 2.46. The molecule has 1 aromatic carbocycles. The molecule has 1 fully saturated rings. The van der Waals surface area contributed by atoms with Crippen LogP contribution in [0.25, 0.3) is 0 Å². The summed E-state index contributed by atoms with van der Waals surface area (Å²) in [4.78, 5) is 14.3. The molecule has 4 heteroatoms. The Morgan fingerprint density at radius 3 is 2.52 bits per heavy atom. The van der Waals surface area contributed by atoms with Crippen LogP contribution in [0.1, 0.15) is 38.2 Å². The number of nitrogens with one attached hydrogen (secondary N) is 1. The van der Waals surface area contributed by atoms with Crippen molar-refractivity contribution >= 4 is 11.6 Å². The molecule has 1 amide bonds. The Bertz CT molecular complexity index is 437. The first-order valence-corrected chi connectivity index (χ1v) is 7.85. The van der Waals surface area contributed by atoms with Crippen molar-refractivity contribution < 1.29 is 9.53 Å². The number of nitrogens with zero attached hydrogens (tertiary/aromatic N) is 1. The van der Waals surface area contributed by atoms with Crippen LogP contribution < -0.4 is 5.32 Å². The van der Waals surface area contributed by atoms with Gasteiger partial charge in [0.25, 0.3) is 0 Å². The predicted octanol–water partition coefficient (Wildman–Crippen LogP) is 2.86. The lowest BCUT2D eigenvalue weighted by molar-refractivity contribution is -0.116. The number of anilines is 1. The van der Waals surface area contributed by atoms with Gasteiger partial charge in [-0.1, -0.05) is 26.0 Å². The molecule has 0 aliphatic carbocycles. The summed E-state index contributed by atoms with van der Waals surface area (Å²) in [5.41, 5.74) is 2.18. The smallest absolute Gasteiger partial charge is 0.224 e. The molecule has 4 nitrogen and oxygen atoms in total. The van der Waals surface area contributed by atoms with Gasteiger partial charge in [0, 0.05) is 25.2 Å². The molecule has 0 spiro atoms. The number of amides is 1. The SMILES string of the molecule is CC(C)c1ccc(NC(=O)CCCN2CCOCC2)cc1. The van der Waals surface area contributed by atoms with E-state index in [1.165, 1.54) is 5.56 Å². The van der Waals surface area contributed by atoms with Crippen molar-refractivity contribution in [2.24, 2.45) is 0 Å². The highest BCUT2D eigenvalue weighted by Gasteiger charge is 2.10. The quantitative estimate of drug-likeness (QED) is 0.876. The zero-order valence-electron chi connectivity index (χ0n) is 13.1. The van der Waals surface area contributed by atoms with E-state index in [9.17, 15) is 4.79 Å². The predicted molar refractivity (Wildman–Crippen MR) is 85.7 cm³/mol. The molecule has 0 atom stereocenters. The zero-order chi connectivity index (χ0) is 15.1. The molecule has 0 radical (unpaired) electrons. The lowest BCUT2D eigenvalue weighted by Gasteiger charge is -2.26. The molecule has 1 aromatic rings. The van der Waals surface area contributed by atoms with Crippen LogP contribution in [0, 0.1) is 0 Å². The van der Waals surface area contributed by atoms with Crippen molar-refractivity contribution in [1.82, 2.24) is 4.90 Å². The van der Waals surface area contributed by atoms with Crippen LogP contribution in [0.5, 0.6) is 0 Å². The van der Waals surface area contributed by atoms with Gasteiger partial charge in [-0.3, -0.25) is 9.69 Å². The van der Waals surface area contributed by atoms with Gasteiger partial charge in [-0.2, -0.15) is 0 Å². The molecule has 0 aromatic heterocycles. The van der Waals surface area contributed by atoms with E-state index in [2.05, 4.69) is 36.2 Å². The largest absolute Gasteiger partial charge is 0.379 e. The van der Waals surface area contributed by atoms with Crippen molar-refractivity contribution in [2.75, 3.05) is 38.2 Å². The third kappa shape index (κ3) is 5.48. The average molecular weight is 290 g/mol. The fourth-order valence-corrected chi connectivity index (χ4v) is 2.46. The number of rotatable bonds is 6. The third-order valence-corrected chi connectivity index (χ3v) is 3.84. The highest BCUT2D eigenvalue weighted by atomic mass is 16.5. The molecule has 1 aliphatic rings. The van der Waals surface area contributed by atoms with Crippen LogP contribution in [0.15, 0.2) is 24.3 Å². The van der Waals surface area contributed by atoms with Crippen LogP contribution in [-0.4, -0.2) is 43.7 Å². The van der Waals surface area contributed by atoms with Crippen LogP contribution in [-0.2, 0) is 9.53 Å². The Kier molecular flexibility index (Phi) is 6.21. The Morgan fingerprint density at radius 1 is 1.24 bits per heavy atom. The number of carbonyl (C=O) groups is 1. The van der Waals surface area contributed by atoms with Crippen molar-refractivity contribution in [1.29, 1.82) is 0 Å². The second-order valence-corrected chi connectivity index (χ2v) is 5.88. The summed E-state index contributed by atoms with van der Waals surface area (Å²) >= 11 is 0. The van der Waals surface area contributed by atoms with E-state index in [-0.39, 0.29) is 5.91 Å². The highest BCUT2D eigenvalue weighted by Crippen LogP contribution is 2.17. The van der Waals surface area contributed by atoms with Crippen molar-refractivity contribution in [3.8, 4) is 0 Å². The Balaban J connectivity index is 1.68. The minimum absolute atomic E-state index is 0.0977. The van der Waals surface area contributed by atoms with E-state index >= 15 is 0 Å². The topological polar surface area (TPSA) is 41.6 Å². The Labute approximate surface area is 127 Å². The van der Waals surface area contributed by atoms with Gasteiger partial charge < -0.3 is 10.1 Å². The standard InChI is InChI=1S/C17H26N2O2/c1-14(2)15-5-7-16(8-6-15)18-17(20)4-3-9-19-10-12-21-13-11-19/h5-8,14H,3-4,9-13H2,1-2H3,(H,18,20). The van der Waals surface area contributed by atoms with E-state index in [1.54, 1.807) is 0 Å². The second kappa shape index (κ2) is 8.15. The summed E-state index contributed by atoms with van der Waals surface area (Å²) in [5, 5.41) is 2.96. The molecule has 1 N–H and O–H groups in total. The number of hydrogen-bond donors (Lipinski definition) is 1. The number of hydrogen-bond acceptors (Lipinski definition) is 3. The van der Waals surface area contributed by atoms with E-state index < -0.39 is 0 Å².